The van der Waals surface area contributed by atoms with Gasteiger partial charge in [0.25, 0.3) is 0 Å². The Hall–Kier alpha value is -1.87. The van der Waals surface area contributed by atoms with Crippen LogP contribution in [0.3, 0.4) is 0 Å². The van der Waals surface area contributed by atoms with Crippen LogP contribution < -0.4 is 10.6 Å². The molecule has 6 N–H and O–H groups in total. The summed E-state index contributed by atoms with van der Waals surface area (Å²) in [7, 11) is 0. The fourth-order valence-electron chi connectivity index (χ4n) is 5.22. The van der Waals surface area contributed by atoms with Crippen LogP contribution in [0.2, 0.25) is 0 Å². The van der Waals surface area contributed by atoms with Gasteiger partial charge >= 0.3 is 0 Å². The van der Waals surface area contributed by atoms with Gasteiger partial charge < -0.3 is 50.2 Å². The molecule has 3 amide bonds. The van der Waals surface area contributed by atoms with Crippen molar-refractivity contribution in [1.29, 1.82) is 0 Å². The lowest BCUT2D eigenvalue weighted by molar-refractivity contribution is -0.214. The van der Waals surface area contributed by atoms with E-state index in [1.165, 1.54) is 20.3 Å². The average molecular weight is 618 g/mol. The highest BCUT2D eigenvalue weighted by molar-refractivity contribution is 5.77. The Morgan fingerprint density at radius 2 is 1.67 bits per heavy atom. The van der Waals surface area contributed by atoms with E-state index in [2.05, 4.69) is 10.6 Å². The van der Waals surface area contributed by atoms with E-state index in [0.717, 1.165) is 32.1 Å². The highest BCUT2D eigenvalue weighted by atomic mass is 16.7. The summed E-state index contributed by atoms with van der Waals surface area (Å²) in [4.78, 5) is 38.1. The van der Waals surface area contributed by atoms with Crippen molar-refractivity contribution in [2.24, 2.45) is 0 Å². The van der Waals surface area contributed by atoms with Crippen LogP contribution in [0.15, 0.2) is 0 Å². The minimum absolute atomic E-state index is 0.0224. The fraction of sp³-hybridized carbons (Fsp3) is 0.900. The number of nitrogens with zero attached hydrogens (tertiary/aromatic N) is 1. The number of aliphatic hydroxyl groups is 4. The van der Waals surface area contributed by atoms with Crippen LogP contribution in [0.25, 0.3) is 0 Å². The van der Waals surface area contributed by atoms with Crippen molar-refractivity contribution in [2.45, 2.75) is 134 Å². The van der Waals surface area contributed by atoms with Crippen LogP contribution in [0.1, 0.15) is 90.9 Å². The summed E-state index contributed by atoms with van der Waals surface area (Å²) >= 11 is 0. The molecule has 1 saturated carbocycles. The first-order valence-electron chi connectivity index (χ1n) is 15.9. The molecule has 1 aliphatic carbocycles. The summed E-state index contributed by atoms with van der Waals surface area (Å²) in [6, 6.07) is -1.02. The van der Waals surface area contributed by atoms with E-state index in [1.807, 2.05) is 0 Å². The predicted molar refractivity (Wildman–Crippen MR) is 158 cm³/mol. The molecule has 43 heavy (non-hydrogen) atoms. The molecule has 2 fully saturated rings. The number of carbonyl (C=O) groups is 3. The van der Waals surface area contributed by atoms with E-state index in [4.69, 9.17) is 14.2 Å². The van der Waals surface area contributed by atoms with Crippen molar-refractivity contribution in [1.82, 2.24) is 15.5 Å². The van der Waals surface area contributed by atoms with Crippen molar-refractivity contribution >= 4 is 17.7 Å². The lowest BCUT2D eigenvalue weighted by Gasteiger charge is -2.30. The second-order valence-corrected chi connectivity index (χ2v) is 11.7. The fourth-order valence-corrected chi connectivity index (χ4v) is 5.22. The molecule has 13 nitrogen and oxygen atoms in total. The molecule has 1 aliphatic heterocycles. The number of likely N-dealkylation sites (tertiary alicyclic amines) is 1. The van der Waals surface area contributed by atoms with Crippen LogP contribution in [-0.4, -0.2) is 125 Å². The first kappa shape index (κ1) is 37.3. The van der Waals surface area contributed by atoms with Crippen LogP contribution in [0, 0.1) is 0 Å². The third-order valence-electron chi connectivity index (χ3n) is 8.00. The van der Waals surface area contributed by atoms with E-state index in [-0.39, 0.29) is 43.1 Å². The summed E-state index contributed by atoms with van der Waals surface area (Å²) in [5.41, 5.74) is 0. The van der Waals surface area contributed by atoms with Crippen molar-refractivity contribution in [2.75, 3.05) is 39.5 Å². The molecule has 250 valence electrons. The SMILES string of the molecule is CC(=O)N[C@@H](CO)C(OCCCCCC(=O)NCCCCCC(=O)N1C[C@H](OC2CCC2)C[C@H]1CO)OC(CO)[C@@H](C)O. The Labute approximate surface area is 255 Å². The van der Waals surface area contributed by atoms with Crippen LogP contribution in [0.5, 0.6) is 0 Å². The summed E-state index contributed by atoms with van der Waals surface area (Å²) in [6.07, 6.45) is 6.56. The standard InChI is InChI=1S/C30H55N3O10/c1-21(37)27(20-36)43-30(26(19-35)32-22(2)38)41-15-8-4-5-12-28(39)31-14-7-3-6-13-29(40)33-17-25(16-23(33)18-34)42-24-10-9-11-24/h21,23-27,30,34-37H,3-20H2,1-2H3,(H,31,39)(H,32,38)/t21-,23+,25-,26+,27?,30?/m1/s1. The predicted octanol–water partition coefficient (Wildman–Crippen LogP) is 0.352. The Balaban J connectivity index is 1.54. The zero-order valence-corrected chi connectivity index (χ0v) is 26.0. The molecule has 0 bridgehead atoms. The minimum Gasteiger partial charge on any atom is -0.394 e. The highest BCUT2D eigenvalue weighted by Crippen LogP contribution is 2.29. The molecule has 2 aliphatic rings. The van der Waals surface area contributed by atoms with Gasteiger partial charge in [-0.1, -0.05) is 12.8 Å². The van der Waals surface area contributed by atoms with E-state index in [0.29, 0.717) is 57.7 Å². The Bertz CT molecular complexity index is 813. The third kappa shape index (κ3) is 14.2. The molecular weight excluding hydrogens is 562 g/mol. The normalized spacial score (nSPS) is 21.6. The van der Waals surface area contributed by atoms with E-state index >= 15 is 0 Å². The number of ether oxygens (including phenoxy) is 3. The summed E-state index contributed by atoms with van der Waals surface area (Å²) in [5, 5.41) is 44.0. The van der Waals surface area contributed by atoms with Gasteiger partial charge in [-0.2, -0.15) is 0 Å². The van der Waals surface area contributed by atoms with Gasteiger partial charge in [0, 0.05) is 39.5 Å². The first-order chi connectivity index (χ1) is 20.7. The lowest BCUT2D eigenvalue weighted by Crippen LogP contribution is -2.50. The van der Waals surface area contributed by atoms with Crippen LogP contribution in [0.4, 0.5) is 0 Å². The highest BCUT2D eigenvalue weighted by Gasteiger charge is 2.37. The molecule has 0 aromatic heterocycles. The molecular formula is C30H55N3O10. The molecule has 1 saturated heterocycles. The quantitative estimate of drug-likeness (QED) is 0.0690. The number of unbranched alkanes of at least 4 members (excludes halogenated alkanes) is 4. The second kappa shape index (κ2) is 21.0. The topological polar surface area (TPSA) is 187 Å². The van der Waals surface area contributed by atoms with Crippen molar-refractivity contribution in [3.63, 3.8) is 0 Å². The molecule has 0 radical (unpaired) electrons. The number of aliphatic hydroxyl groups excluding tert-OH is 4. The number of nitrogens with one attached hydrogen (secondary N) is 2. The van der Waals surface area contributed by atoms with Crippen LogP contribution >= 0.6 is 0 Å². The zero-order chi connectivity index (χ0) is 31.6. The zero-order valence-electron chi connectivity index (χ0n) is 26.0. The number of rotatable bonds is 23. The monoisotopic (exact) mass is 617 g/mol. The second-order valence-electron chi connectivity index (χ2n) is 11.7. The van der Waals surface area contributed by atoms with Crippen molar-refractivity contribution in [3.8, 4) is 0 Å². The first-order valence-corrected chi connectivity index (χ1v) is 15.9. The molecule has 1 heterocycles. The smallest absolute Gasteiger partial charge is 0.222 e. The van der Waals surface area contributed by atoms with E-state index in [9.17, 15) is 34.8 Å². The molecule has 13 heteroatoms. The molecule has 0 aromatic rings. The molecule has 0 spiro atoms. The lowest BCUT2D eigenvalue weighted by atomic mass is 9.96. The van der Waals surface area contributed by atoms with E-state index in [1.54, 1.807) is 4.90 Å². The van der Waals surface area contributed by atoms with E-state index < -0.39 is 37.8 Å². The number of hydrogen-bond donors (Lipinski definition) is 6. The van der Waals surface area contributed by atoms with Gasteiger partial charge in [-0.25, -0.2) is 0 Å². The molecule has 6 atom stereocenters. The largest absolute Gasteiger partial charge is 0.394 e. The van der Waals surface area contributed by atoms with Gasteiger partial charge in [0.15, 0.2) is 6.29 Å². The van der Waals surface area contributed by atoms with Gasteiger partial charge in [0.1, 0.15) is 12.1 Å². The molecule has 0 aromatic carbocycles. The van der Waals surface area contributed by atoms with Crippen molar-refractivity contribution < 1.29 is 49.0 Å². The molecule has 2 unspecified atom stereocenters. The maximum absolute atomic E-state index is 12.7. The number of carbonyl (C=O) groups excluding carboxylic acids is 3. The summed E-state index contributed by atoms with van der Waals surface area (Å²) < 4.78 is 17.4. The maximum Gasteiger partial charge on any atom is 0.222 e. The Kier molecular flexibility index (Phi) is 18.2. The van der Waals surface area contributed by atoms with Gasteiger partial charge in [-0.3, -0.25) is 14.4 Å². The minimum atomic E-state index is -1.06. The van der Waals surface area contributed by atoms with Crippen LogP contribution in [-0.2, 0) is 28.6 Å². The average Bonchev–Trinajstić information content (AvgIpc) is 3.37. The van der Waals surface area contributed by atoms with Gasteiger partial charge in [0.05, 0.1) is 44.2 Å². The number of amides is 3. The summed E-state index contributed by atoms with van der Waals surface area (Å²) in [6.45, 7) is 3.17. The van der Waals surface area contributed by atoms with Gasteiger partial charge in [-0.05, 0) is 58.3 Å². The van der Waals surface area contributed by atoms with Gasteiger partial charge in [-0.15, -0.1) is 0 Å². The summed E-state index contributed by atoms with van der Waals surface area (Å²) in [5.74, 6) is -0.357. The number of hydrogen-bond acceptors (Lipinski definition) is 10. The Morgan fingerprint density at radius 1 is 0.953 bits per heavy atom. The van der Waals surface area contributed by atoms with Gasteiger partial charge in [0.2, 0.25) is 17.7 Å². The van der Waals surface area contributed by atoms with Crippen molar-refractivity contribution in [3.05, 3.63) is 0 Å². The third-order valence-corrected chi connectivity index (χ3v) is 8.00. The molecule has 2 rings (SSSR count). The maximum atomic E-state index is 12.7. The Morgan fingerprint density at radius 3 is 2.28 bits per heavy atom.